The maximum atomic E-state index is 13.8. The smallest absolute Gasteiger partial charge is 0.254 e. The molecule has 0 radical (unpaired) electrons. The van der Waals surface area contributed by atoms with E-state index in [0.29, 0.717) is 16.3 Å². The summed E-state index contributed by atoms with van der Waals surface area (Å²) in [5.74, 6) is -0.0524. The van der Waals surface area contributed by atoms with E-state index in [4.69, 9.17) is 11.6 Å². The van der Waals surface area contributed by atoms with E-state index in [1.54, 1.807) is 12.1 Å². The SMILES string of the molecule is O=C(NC1CCCC1CCl)c1cccc(Br)c1F. The summed E-state index contributed by atoms with van der Waals surface area (Å²) >= 11 is 8.93. The molecule has 0 bridgehead atoms. The second kappa shape index (κ2) is 6.02. The molecular formula is C13H14BrClFNO. The van der Waals surface area contributed by atoms with Crippen LogP contribution in [0.15, 0.2) is 22.7 Å². The normalized spacial score (nSPS) is 23.1. The van der Waals surface area contributed by atoms with Crippen LogP contribution in [0.2, 0.25) is 0 Å². The average molecular weight is 335 g/mol. The van der Waals surface area contributed by atoms with E-state index in [0.717, 1.165) is 19.3 Å². The first-order valence-electron chi connectivity index (χ1n) is 5.94. The van der Waals surface area contributed by atoms with Crippen LogP contribution in [-0.4, -0.2) is 17.8 Å². The number of hydrogen-bond donors (Lipinski definition) is 1. The molecule has 1 amide bonds. The Morgan fingerprint density at radius 2 is 2.28 bits per heavy atom. The van der Waals surface area contributed by atoms with Crippen molar-refractivity contribution in [1.82, 2.24) is 5.32 Å². The molecular weight excluding hydrogens is 321 g/mol. The van der Waals surface area contributed by atoms with Crippen molar-refractivity contribution in [2.45, 2.75) is 25.3 Å². The van der Waals surface area contributed by atoms with Crippen LogP contribution in [0.4, 0.5) is 4.39 Å². The number of nitrogens with one attached hydrogen (secondary N) is 1. The molecule has 0 aliphatic heterocycles. The van der Waals surface area contributed by atoms with Gasteiger partial charge in [0.2, 0.25) is 0 Å². The van der Waals surface area contributed by atoms with Crippen molar-refractivity contribution in [2.24, 2.45) is 5.92 Å². The van der Waals surface area contributed by atoms with E-state index < -0.39 is 5.82 Å². The summed E-state index contributed by atoms with van der Waals surface area (Å²) in [4.78, 5) is 12.0. The van der Waals surface area contributed by atoms with Crippen molar-refractivity contribution < 1.29 is 9.18 Å². The van der Waals surface area contributed by atoms with Gasteiger partial charge in [0.1, 0.15) is 5.82 Å². The molecule has 2 nitrogen and oxygen atoms in total. The van der Waals surface area contributed by atoms with E-state index in [1.165, 1.54) is 6.07 Å². The van der Waals surface area contributed by atoms with Crippen molar-refractivity contribution >= 4 is 33.4 Å². The number of amides is 1. The molecule has 2 unspecified atom stereocenters. The third kappa shape index (κ3) is 2.86. The van der Waals surface area contributed by atoms with E-state index >= 15 is 0 Å². The standard InChI is InChI=1S/C13H14BrClFNO/c14-10-5-2-4-9(12(10)16)13(18)17-11-6-1-3-8(11)7-15/h2,4-5,8,11H,1,3,6-7H2,(H,17,18). The van der Waals surface area contributed by atoms with Gasteiger partial charge in [-0.15, -0.1) is 11.6 Å². The van der Waals surface area contributed by atoms with Crippen LogP contribution in [0.25, 0.3) is 0 Å². The molecule has 18 heavy (non-hydrogen) atoms. The Morgan fingerprint density at radius 3 is 3.00 bits per heavy atom. The topological polar surface area (TPSA) is 29.1 Å². The van der Waals surface area contributed by atoms with Gasteiger partial charge in [-0.25, -0.2) is 4.39 Å². The summed E-state index contributed by atoms with van der Waals surface area (Å²) < 4.78 is 14.1. The lowest BCUT2D eigenvalue weighted by Gasteiger charge is -2.19. The zero-order valence-electron chi connectivity index (χ0n) is 9.76. The van der Waals surface area contributed by atoms with Gasteiger partial charge in [-0.05, 0) is 46.8 Å². The minimum Gasteiger partial charge on any atom is -0.349 e. The summed E-state index contributed by atoms with van der Waals surface area (Å²) in [5.41, 5.74) is 0.0737. The van der Waals surface area contributed by atoms with E-state index in [-0.39, 0.29) is 17.5 Å². The lowest BCUT2D eigenvalue weighted by Crippen LogP contribution is -2.38. The van der Waals surface area contributed by atoms with Crippen LogP contribution < -0.4 is 5.32 Å². The predicted octanol–water partition coefficient (Wildman–Crippen LogP) is 3.73. The first kappa shape index (κ1) is 13.8. The molecule has 1 aromatic rings. The van der Waals surface area contributed by atoms with Crippen LogP contribution in [-0.2, 0) is 0 Å². The number of rotatable bonds is 3. The monoisotopic (exact) mass is 333 g/mol. The minimum atomic E-state index is -0.518. The maximum absolute atomic E-state index is 13.8. The first-order valence-corrected chi connectivity index (χ1v) is 7.27. The molecule has 1 saturated carbocycles. The lowest BCUT2D eigenvalue weighted by molar-refractivity contribution is 0.0926. The highest BCUT2D eigenvalue weighted by Gasteiger charge is 2.28. The van der Waals surface area contributed by atoms with Gasteiger partial charge in [-0.2, -0.15) is 0 Å². The highest BCUT2D eigenvalue weighted by molar-refractivity contribution is 9.10. The average Bonchev–Trinajstić information content (AvgIpc) is 2.79. The molecule has 1 fully saturated rings. The number of halogens is 3. The van der Waals surface area contributed by atoms with Crippen molar-refractivity contribution in [3.05, 3.63) is 34.1 Å². The van der Waals surface area contributed by atoms with Gasteiger partial charge in [-0.1, -0.05) is 12.5 Å². The third-order valence-electron chi connectivity index (χ3n) is 3.37. The highest BCUT2D eigenvalue weighted by atomic mass is 79.9. The fraction of sp³-hybridized carbons (Fsp3) is 0.462. The third-order valence-corrected chi connectivity index (χ3v) is 4.38. The molecule has 2 rings (SSSR count). The van der Waals surface area contributed by atoms with Gasteiger partial charge < -0.3 is 5.32 Å². The van der Waals surface area contributed by atoms with E-state index in [2.05, 4.69) is 21.2 Å². The molecule has 0 saturated heterocycles. The second-order valence-corrected chi connectivity index (χ2v) is 5.69. The minimum absolute atomic E-state index is 0.0633. The summed E-state index contributed by atoms with van der Waals surface area (Å²) in [6.07, 6.45) is 3.00. The zero-order valence-corrected chi connectivity index (χ0v) is 12.1. The second-order valence-electron chi connectivity index (χ2n) is 4.53. The molecule has 98 valence electrons. The Kier molecular flexibility index (Phi) is 4.62. The number of carbonyl (C=O) groups excluding carboxylic acids is 1. The summed E-state index contributed by atoms with van der Waals surface area (Å²) in [6, 6.07) is 4.77. The van der Waals surface area contributed by atoms with Crippen molar-refractivity contribution in [3.8, 4) is 0 Å². The molecule has 1 N–H and O–H groups in total. The largest absolute Gasteiger partial charge is 0.349 e. The molecule has 5 heteroatoms. The van der Waals surface area contributed by atoms with Crippen LogP contribution in [0, 0.1) is 11.7 Å². The van der Waals surface area contributed by atoms with Gasteiger partial charge >= 0.3 is 0 Å². The molecule has 0 spiro atoms. The molecule has 2 atom stereocenters. The van der Waals surface area contributed by atoms with Crippen LogP contribution in [0.3, 0.4) is 0 Å². The fourth-order valence-corrected chi connectivity index (χ4v) is 3.07. The molecule has 1 aliphatic rings. The number of benzene rings is 1. The number of alkyl halides is 1. The van der Waals surface area contributed by atoms with Gasteiger partial charge in [0.25, 0.3) is 5.91 Å². The maximum Gasteiger partial charge on any atom is 0.254 e. The van der Waals surface area contributed by atoms with E-state index in [1.807, 2.05) is 0 Å². The van der Waals surface area contributed by atoms with Gasteiger partial charge in [-0.3, -0.25) is 4.79 Å². The number of carbonyl (C=O) groups is 1. The quantitative estimate of drug-likeness (QED) is 0.839. The fourth-order valence-electron chi connectivity index (χ4n) is 2.34. The summed E-state index contributed by atoms with van der Waals surface area (Å²) in [5, 5.41) is 2.88. The summed E-state index contributed by atoms with van der Waals surface area (Å²) in [6.45, 7) is 0. The van der Waals surface area contributed by atoms with E-state index in [9.17, 15) is 9.18 Å². The van der Waals surface area contributed by atoms with Gasteiger partial charge in [0.05, 0.1) is 10.0 Å². The molecule has 0 heterocycles. The van der Waals surface area contributed by atoms with Crippen LogP contribution in [0.1, 0.15) is 29.6 Å². The Labute approximate surface area is 119 Å². The molecule has 1 aliphatic carbocycles. The Morgan fingerprint density at radius 1 is 1.50 bits per heavy atom. The van der Waals surface area contributed by atoms with Crippen molar-refractivity contribution in [1.29, 1.82) is 0 Å². The molecule has 0 aromatic heterocycles. The summed E-state index contributed by atoms with van der Waals surface area (Å²) in [7, 11) is 0. The number of hydrogen-bond acceptors (Lipinski definition) is 1. The zero-order chi connectivity index (χ0) is 13.1. The van der Waals surface area contributed by atoms with Crippen LogP contribution >= 0.6 is 27.5 Å². The van der Waals surface area contributed by atoms with Gasteiger partial charge in [0, 0.05) is 11.9 Å². The Bertz CT molecular complexity index is 455. The molecule has 1 aromatic carbocycles. The van der Waals surface area contributed by atoms with Crippen molar-refractivity contribution in [3.63, 3.8) is 0 Å². The first-order chi connectivity index (χ1) is 8.63. The Balaban J connectivity index is 2.10. The Hall–Kier alpha value is -0.610. The lowest BCUT2D eigenvalue weighted by atomic mass is 10.1. The predicted molar refractivity (Wildman–Crippen MR) is 73.4 cm³/mol. The highest BCUT2D eigenvalue weighted by Crippen LogP contribution is 2.27. The van der Waals surface area contributed by atoms with Gasteiger partial charge in [0.15, 0.2) is 0 Å². The van der Waals surface area contributed by atoms with Crippen molar-refractivity contribution in [2.75, 3.05) is 5.88 Å². The van der Waals surface area contributed by atoms with Crippen LogP contribution in [0.5, 0.6) is 0 Å².